The lowest BCUT2D eigenvalue weighted by Crippen LogP contribution is -2.51. The zero-order chi connectivity index (χ0) is 13.9. The van der Waals surface area contributed by atoms with E-state index in [9.17, 15) is 4.39 Å². The SMILES string of the molecule is CC(C)C1(Cc2cccc(Cl)c2F)CCCCCN1. The van der Waals surface area contributed by atoms with E-state index in [4.69, 9.17) is 11.6 Å². The second kappa shape index (κ2) is 6.23. The highest BCUT2D eigenvalue weighted by Gasteiger charge is 2.34. The molecular formula is C16H23ClFN. The second-order valence-corrected chi connectivity index (χ2v) is 6.35. The van der Waals surface area contributed by atoms with E-state index in [2.05, 4.69) is 19.2 Å². The van der Waals surface area contributed by atoms with Gasteiger partial charge in [-0.1, -0.05) is 50.4 Å². The molecule has 0 spiro atoms. The molecule has 1 atom stereocenters. The summed E-state index contributed by atoms with van der Waals surface area (Å²) in [5, 5.41) is 3.91. The Labute approximate surface area is 120 Å². The van der Waals surface area contributed by atoms with Crippen LogP contribution in [0.2, 0.25) is 5.02 Å². The van der Waals surface area contributed by atoms with Crippen LogP contribution in [0, 0.1) is 11.7 Å². The van der Waals surface area contributed by atoms with Crippen molar-refractivity contribution in [3.05, 3.63) is 34.6 Å². The van der Waals surface area contributed by atoms with Gasteiger partial charge in [-0.15, -0.1) is 0 Å². The minimum Gasteiger partial charge on any atom is -0.311 e. The van der Waals surface area contributed by atoms with E-state index < -0.39 is 0 Å². The summed E-state index contributed by atoms with van der Waals surface area (Å²) >= 11 is 5.89. The Kier molecular flexibility index (Phi) is 4.86. The van der Waals surface area contributed by atoms with E-state index in [1.165, 1.54) is 19.3 Å². The third-order valence-electron chi connectivity index (χ3n) is 4.42. The minimum atomic E-state index is -0.254. The van der Waals surface area contributed by atoms with Crippen LogP contribution in [0.15, 0.2) is 18.2 Å². The summed E-state index contributed by atoms with van der Waals surface area (Å²) in [6.07, 6.45) is 5.52. The fraction of sp³-hybridized carbons (Fsp3) is 0.625. The summed E-state index contributed by atoms with van der Waals surface area (Å²) in [5.41, 5.74) is 0.734. The van der Waals surface area contributed by atoms with E-state index in [0.29, 0.717) is 5.92 Å². The normalized spacial score (nSPS) is 24.5. The van der Waals surface area contributed by atoms with Crippen LogP contribution in [0.4, 0.5) is 4.39 Å². The summed E-state index contributed by atoms with van der Waals surface area (Å²) in [5.74, 6) is 0.222. The number of rotatable bonds is 3. The number of hydrogen-bond acceptors (Lipinski definition) is 1. The Bertz CT molecular complexity index is 423. The van der Waals surface area contributed by atoms with E-state index in [1.807, 2.05) is 12.1 Å². The van der Waals surface area contributed by atoms with Crippen molar-refractivity contribution in [2.24, 2.45) is 5.92 Å². The van der Waals surface area contributed by atoms with Gasteiger partial charge in [0.25, 0.3) is 0 Å². The van der Waals surface area contributed by atoms with Crippen LogP contribution in [0.25, 0.3) is 0 Å². The summed E-state index contributed by atoms with van der Waals surface area (Å²) in [7, 11) is 0. The van der Waals surface area contributed by atoms with Crippen LogP contribution in [-0.4, -0.2) is 12.1 Å². The predicted octanol–water partition coefficient (Wildman–Crippen LogP) is 4.58. The molecule has 1 saturated heterocycles. The molecule has 1 unspecified atom stereocenters. The first-order valence-electron chi connectivity index (χ1n) is 7.23. The maximum atomic E-state index is 14.1. The molecule has 0 radical (unpaired) electrons. The Balaban J connectivity index is 2.27. The molecule has 0 amide bonds. The molecule has 1 N–H and O–H groups in total. The quantitative estimate of drug-likeness (QED) is 0.856. The fourth-order valence-electron chi connectivity index (χ4n) is 3.04. The zero-order valence-electron chi connectivity index (χ0n) is 11.8. The Morgan fingerprint density at radius 3 is 2.84 bits per heavy atom. The average molecular weight is 284 g/mol. The van der Waals surface area contributed by atoms with Gasteiger partial charge in [-0.2, -0.15) is 0 Å². The Morgan fingerprint density at radius 2 is 2.11 bits per heavy atom. The third kappa shape index (κ3) is 3.29. The maximum absolute atomic E-state index is 14.1. The van der Waals surface area contributed by atoms with E-state index in [1.54, 1.807) is 6.07 Å². The highest BCUT2D eigenvalue weighted by molar-refractivity contribution is 6.30. The summed E-state index contributed by atoms with van der Waals surface area (Å²) in [4.78, 5) is 0. The molecule has 1 aromatic rings. The first-order valence-corrected chi connectivity index (χ1v) is 7.61. The topological polar surface area (TPSA) is 12.0 Å². The smallest absolute Gasteiger partial charge is 0.145 e. The number of nitrogens with one attached hydrogen (secondary N) is 1. The summed E-state index contributed by atoms with van der Waals surface area (Å²) < 4.78 is 14.1. The molecule has 3 heteroatoms. The van der Waals surface area contributed by atoms with E-state index >= 15 is 0 Å². The average Bonchev–Trinajstić information content (AvgIpc) is 2.62. The van der Waals surface area contributed by atoms with Gasteiger partial charge in [-0.3, -0.25) is 0 Å². The number of hydrogen-bond donors (Lipinski definition) is 1. The molecule has 0 aromatic heterocycles. The van der Waals surface area contributed by atoms with Gasteiger partial charge in [0.1, 0.15) is 5.82 Å². The Hall–Kier alpha value is -0.600. The molecule has 1 aliphatic heterocycles. The van der Waals surface area contributed by atoms with Gasteiger partial charge in [0.2, 0.25) is 0 Å². The van der Waals surface area contributed by atoms with Crippen LogP contribution in [0.5, 0.6) is 0 Å². The van der Waals surface area contributed by atoms with Crippen LogP contribution in [0.3, 0.4) is 0 Å². The van der Waals surface area contributed by atoms with Crippen molar-refractivity contribution in [3.63, 3.8) is 0 Å². The molecule has 1 nitrogen and oxygen atoms in total. The third-order valence-corrected chi connectivity index (χ3v) is 4.71. The molecule has 0 bridgehead atoms. The van der Waals surface area contributed by atoms with Crippen molar-refractivity contribution in [3.8, 4) is 0 Å². The summed E-state index contributed by atoms with van der Waals surface area (Å²) in [6, 6.07) is 5.31. The minimum absolute atomic E-state index is 0.00201. The molecule has 2 rings (SSSR count). The van der Waals surface area contributed by atoms with Crippen molar-refractivity contribution < 1.29 is 4.39 Å². The van der Waals surface area contributed by atoms with Gasteiger partial charge < -0.3 is 5.32 Å². The first kappa shape index (κ1) is 14.8. The standard InChI is InChI=1S/C16H23ClFN/c1-12(2)16(9-4-3-5-10-19-16)11-13-7-6-8-14(17)15(13)18/h6-8,12,19H,3-5,9-11H2,1-2H3. The van der Waals surface area contributed by atoms with Crippen molar-refractivity contribution in [2.75, 3.05) is 6.54 Å². The van der Waals surface area contributed by atoms with E-state index in [0.717, 1.165) is 24.9 Å². The first-order chi connectivity index (χ1) is 9.05. The van der Waals surface area contributed by atoms with Crippen LogP contribution in [-0.2, 0) is 6.42 Å². The van der Waals surface area contributed by atoms with Crippen LogP contribution >= 0.6 is 11.6 Å². The highest BCUT2D eigenvalue weighted by Crippen LogP contribution is 2.32. The van der Waals surface area contributed by atoms with Gasteiger partial charge in [-0.25, -0.2) is 4.39 Å². The van der Waals surface area contributed by atoms with Crippen molar-refractivity contribution in [1.82, 2.24) is 5.32 Å². The zero-order valence-corrected chi connectivity index (χ0v) is 12.6. The molecule has 1 aromatic carbocycles. The molecule has 1 aliphatic rings. The molecule has 106 valence electrons. The summed E-state index contributed by atoms with van der Waals surface area (Å²) in [6.45, 7) is 5.47. The van der Waals surface area contributed by atoms with Gasteiger partial charge in [-0.05, 0) is 43.4 Å². The number of halogens is 2. The lowest BCUT2D eigenvalue weighted by atomic mass is 9.77. The molecule has 1 heterocycles. The lowest BCUT2D eigenvalue weighted by Gasteiger charge is -2.38. The molecule has 0 saturated carbocycles. The number of benzene rings is 1. The largest absolute Gasteiger partial charge is 0.311 e. The second-order valence-electron chi connectivity index (χ2n) is 5.94. The lowest BCUT2D eigenvalue weighted by molar-refractivity contribution is 0.224. The highest BCUT2D eigenvalue weighted by atomic mass is 35.5. The molecule has 1 fully saturated rings. The van der Waals surface area contributed by atoms with Crippen molar-refractivity contribution in [2.45, 2.75) is 51.5 Å². The molecule has 19 heavy (non-hydrogen) atoms. The van der Waals surface area contributed by atoms with Gasteiger partial charge in [0.15, 0.2) is 0 Å². The van der Waals surface area contributed by atoms with Gasteiger partial charge in [0, 0.05) is 5.54 Å². The Morgan fingerprint density at radius 1 is 1.32 bits per heavy atom. The van der Waals surface area contributed by atoms with Gasteiger partial charge >= 0.3 is 0 Å². The molecule has 0 aliphatic carbocycles. The predicted molar refractivity (Wildman–Crippen MR) is 79.2 cm³/mol. The van der Waals surface area contributed by atoms with Crippen molar-refractivity contribution >= 4 is 11.6 Å². The maximum Gasteiger partial charge on any atom is 0.145 e. The van der Waals surface area contributed by atoms with Crippen LogP contribution < -0.4 is 5.32 Å². The van der Waals surface area contributed by atoms with Crippen molar-refractivity contribution in [1.29, 1.82) is 0 Å². The van der Waals surface area contributed by atoms with E-state index in [-0.39, 0.29) is 16.4 Å². The monoisotopic (exact) mass is 283 g/mol. The fourth-order valence-corrected chi connectivity index (χ4v) is 3.23. The van der Waals surface area contributed by atoms with Crippen LogP contribution in [0.1, 0.15) is 45.1 Å². The molecular weight excluding hydrogens is 261 g/mol. The van der Waals surface area contributed by atoms with Gasteiger partial charge in [0.05, 0.1) is 5.02 Å².